The summed E-state index contributed by atoms with van der Waals surface area (Å²) in [6.07, 6.45) is 6.45. The van der Waals surface area contributed by atoms with E-state index in [4.69, 9.17) is 5.73 Å². The number of nitrogens with one attached hydrogen (secondary N) is 1. The highest BCUT2D eigenvalue weighted by molar-refractivity contribution is 14.0. The summed E-state index contributed by atoms with van der Waals surface area (Å²) < 4.78 is 0. The number of likely N-dealkylation sites (tertiary alicyclic amines) is 1. The van der Waals surface area contributed by atoms with Gasteiger partial charge in [0.15, 0.2) is 5.96 Å². The normalized spacial score (nSPS) is 26.0. The highest BCUT2D eigenvalue weighted by Gasteiger charge is 2.33. The second-order valence-electron chi connectivity index (χ2n) is 6.38. The van der Waals surface area contributed by atoms with Crippen LogP contribution in [0.5, 0.6) is 0 Å². The van der Waals surface area contributed by atoms with Gasteiger partial charge in [0.25, 0.3) is 0 Å². The number of nitrogens with two attached hydrogens (primary N) is 1. The number of halogens is 1. The van der Waals surface area contributed by atoms with Crippen molar-refractivity contribution >= 4 is 35.6 Å². The van der Waals surface area contributed by atoms with E-state index >= 15 is 0 Å². The molecule has 1 aromatic carbocycles. The first kappa shape index (κ1) is 17.5. The van der Waals surface area contributed by atoms with Crippen molar-refractivity contribution < 1.29 is 0 Å². The van der Waals surface area contributed by atoms with Crippen LogP contribution in [-0.4, -0.2) is 36.0 Å². The predicted octanol–water partition coefficient (Wildman–Crippen LogP) is 3.36. The van der Waals surface area contributed by atoms with Gasteiger partial charge in [-0.1, -0.05) is 18.6 Å². The molecule has 0 aromatic heterocycles. The fourth-order valence-electron chi connectivity index (χ4n) is 3.35. The van der Waals surface area contributed by atoms with Gasteiger partial charge in [-0.2, -0.15) is 0 Å². The van der Waals surface area contributed by atoms with Gasteiger partial charge in [-0.15, -0.1) is 24.0 Å². The monoisotopic (exact) mass is 414 g/mol. The number of aliphatic imine (C=N–C) groups is 1. The molecule has 1 saturated heterocycles. The van der Waals surface area contributed by atoms with E-state index in [1.54, 1.807) is 0 Å². The lowest BCUT2D eigenvalue weighted by molar-refractivity contribution is 0.0912. The Bertz CT molecular complexity index is 505. The number of rotatable bonds is 3. The predicted molar refractivity (Wildman–Crippen MR) is 104 cm³/mol. The van der Waals surface area contributed by atoms with Crippen LogP contribution in [0.2, 0.25) is 0 Å². The van der Waals surface area contributed by atoms with Crippen LogP contribution in [-0.2, 0) is 0 Å². The Balaban J connectivity index is 0.00000176. The Hall–Kier alpha value is -0.820. The van der Waals surface area contributed by atoms with E-state index in [1.807, 2.05) is 12.1 Å². The van der Waals surface area contributed by atoms with Crippen LogP contribution >= 0.6 is 24.0 Å². The molecule has 2 fully saturated rings. The van der Waals surface area contributed by atoms with Crippen molar-refractivity contribution in [2.75, 3.05) is 18.4 Å². The maximum atomic E-state index is 6.02. The van der Waals surface area contributed by atoms with Crippen molar-refractivity contribution in [2.24, 2.45) is 10.7 Å². The average molecular weight is 414 g/mol. The average Bonchev–Trinajstić information content (AvgIpc) is 2.43. The molecule has 22 heavy (non-hydrogen) atoms. The lowest BCUT2D eigenvalue weighted by atomic mass is 9.85. The smallest absolute Gasteiger partial charge is 0.193 e. The van der Waals surface area contributed by atoms with E-state index in [2.05, 4.69) is 34.3 Å². The summed E-state index contributed by atoms with van der Waals surface area (Å²) in [4.78, 5) is 7.25. The van der Waals surface area contributed by atoms with Gasteiger partial charge in [-0.25, -0.2) is 4.99 Å². The first-order chi connectivity index (χ1) is 10.2. The Kier molecular flexibility index (Phi) is 6.50. The molecular weight excluding hydrogens is 387 g/mol. The molecule has 1 aliphatic heterocycles. The SMILES string of the molecule is Cc1cccc(NC(N)=NC2CC(N3CCCCC3)C2)c1.I. The summed E-state index contributed by atoms with van der Waals surface area (Å²) in [5, 5.41) is 3.19. The van der Waals surface area contributed by atoms with Crippen molar-refractivity contribution in [3.8, 4) is 0 Å². The zero-order valence-electron chi connectivity index (χ0n) is 13.3. The second kappa shape index (κ2) is 8.15. The van der Waals surface area contributed by atoms with Crippen LogP contribution in [0.3, 0.4) is 0 Å². The molecule has 1 aromatic rings. The molecule has 0 radical (unpaired) electrons. The number of piperidine rings is 1. The number of guanidine groups is 1. The van der Waals surface area contributed by atoms with Crippen molar-refractivity contribution in [3.05, 3.63) is 29.8 Å². The zero-order chi connectivity index (χ0) is 14.7. The summed E-state index contributed by atoms with van der Waals surface area (Å²) in [5.74, 6) is 0.544. The van der Waals surface area contributed by atoms with Gasteiger partial charge >= 0.3 is 0 Å². The minimum absolute atomic E-state index is 0. The fraction of sp³-hybridized carbons (Fsp3) is 0.588. The molecule has 122 valence electrons. The molecule has 0 spiro atoms. The minimum atomic E-state index is 0. The van der Waals surface area contributed by atoms with Crippen LogP contribution in [0.1, 0.15) is 37.7 Å². The maximum Gasteiger partial charge on any atom is 0.193 e. The maximum absolute atomic E-state index is 6.02. The topological polar surface area (TPSA) is 53.6 Å². The van der Waals surface area contributed by atoms with Crippen LogP contribution in [0, 0.1) is 6.92 Å². The third-order valence-corrected chi connectivity index (χ3v) is 4.61. The molecule has 5 heteroatoms. The van der Waals surface area contributed by atoms with Crippen LogP contribution in [0.4, 0.5) is 5.69 Å². The second-order valence-corrected chi connectivity index (χ2v) is 6.38. The Morgan fingerprint density at radius 2 is 1.95 bits per heavy atom. The summed E-state index contributed by atoms with van der Waals surface area (Å²) in [6.45, 7) is 4.63. The van der Waals surface area contributed by atoms with Crippen LogP contribution in [0.25, 0.3) is 0 Å². The Morgan fingerprint density at radius 1 is 1.23 bits per heavy atom. The van der Waals surface area contributed by atoms with Crippen molar-refractivity contribution in [1.29, 1.82) is 0 Å². The van der Waals surface area contributed by atoms with E-state index in [9.17, 15) is 0 Å². The summed E-state index contributed by atoms with van der Waals surface area (Å²) in [5.41, 5.74) is 8.26. The van der Waals surface area contributed by atoms with Gasteiger partial charge in [0.2, 0.25) is 0 Å². The molecule has 3 N–H and O–H groups in total. The number of hydrogen-bond donors (Lipinski definition) is 2. The number of aryl methyl sites for hydroxylation is 1. The van der Waals surface area contributed by atoms with Gasteiger partial charge < -0.3 is 16.0 Å². The molecule has 0 bridgehead atoms. The van der Waals surface area contributed by atoms with Crippen LogP contribution < -0.4 is 11.1 Å². The first-order valence-corrected chi connectivity index (χ1v) is 8.12. The minimum Gasteiger partial charge on any atom is -0.370 e. The molecule has 4 nitrogen and oxygen atoms in total. The van der Waals surface area contributed by atoms with Gasteiger partial charge in [0, 0.05) is 11.7 Å². The van der Waals surface area contributed by atoms with Crippen molar-refractivity contribution in [2.45, 2.75) is 51.1 Å². The highest BCUT2D eigenvalue weighted by Crippen LogP contribution is 2.30. The van der Waals surface area contributed by atoms with E-state index < -0.39 is 0 Å². The molecule has 0 unspecified atom stereocenters. The van der Waals surface area contributed by atoms with Gasteiger partial charge in [0.1, 0.15) is 0 Å². The van der Waals surface area contributed by atoms with E-state index in [0.717, 1.165) is 24.6 Å². The molecule has 1 heterocycles. The molecule has 1 saturated carbocycles. The highest BCUT2D eigenvalue weighted by atomic mass is 127. The first-order valence-electron chi connectivity index (χ1n) is 8.12. The molecule has 0 amide bonds. The van der Waals surface area contributed by atoms with Crippen LogP contribution in [0.15, 0.2) is 29.3 Å². The van der Waals surface area contributed by atoms with E-state index in [-0.39, 0.29) is 24.0 Å². The van der Waals surface area contributed by atoms with Gasteiger partial charge in [0.05, 0.1) is 6.04 Å². The number of anilines is 1. The lowest BCUT2D eigenvalue weighted by Crippen LogP contribution is -2.49. The van der Waals surface area contributed by atoms with Gasteiger partial charge in [-0.3, -0.25) is 0 Å². The molecule has 1 aliphatic carbocycles. The van der Waals surface area contributed by atoms with Crippen molar-refractivity contribution in [1.82, 2.24) is 4.90 Å². The Labute approximate surface area is 150 Å². The molecular formula is C17H27IN4. The standard InChI is InChI=1S/C17H26N4.HI/c1-13-6-5-7-14(10-13)19-17(18)20-15-11-16(12-15)21-8-3-2-4-9-21;/h5-7,10,15-16H,2-4,8-9,11-12H2,1H3,(H3,18,19,20);1H. The summed E-state index contributed by atoms with van der Waals surface area (Å²) in [6, 6.07) is 9.35. The summed E-state index contributed by atoms with van der Waals surface area (Å²) in [7, 11) is 0. The Morgan fingerprint density at radius 3 is 2.64 bits per heavy atom. The number of benzene rings is 1. The molecule has 3 rings (SSSR count). The summed E-state index contributed by atoms with van der Waals surface area (Å²) >= 11 is 0. The molecule has 0 atom stereocenters. The van der Waals surface area contributed by atoms with Crippen molar-refractivity contribution in [3.63, 3.8) is 0 Å². The van der Waals surface area contributed by atoms with E-state index in [1.165, 1.54) is 37.9 Å². The third kappa shape index (κ3) is 4.59. The lowest BCUT2D eigenvalue weighted by Gasteiger charge is -2.43. The number of nitrogens with zero attached hydrogens (tertiary/aromatic N) is 2. The third-order valence-electron chi connectivity index (χ3n) is 4.61. The molecule has 2 aliphatic rings. The quantitative estimate of drug-likeness (QED) is 0.453. The number of hydrogen-bond acceptors (Lipinski definition) is 2. The van der Waals surface area contributed by atoms with Gasteiger partial charge in [-0.05, 0) is 63.4 Å². The largest absolute Gasteiger partial charge is 0.370 e. The zero-order valence-corrected chi connectivity index (χ0v) is 15.6. The fourth-order valence-corrected chi connectivity index (χ4v) is 3.35. The van der Waals surface area contributed by atoms with E-state index in [0.29, 0.717) is 12.0 Å².